The number of ether oxygens (including phenoxy) is 1. The lowest BCUT2D eigenvalue weighted by atomic mass is 10.2. The van der Waals surface area contributed by atoms with Crippen molar-refractivity contribution >= 4 is 23.6 Å². The summed E-state index contributed by atoms with van der Waals surface area (Å²) in [5.41, 5.74) is 0. The van der Waals surface area contributed by atoms with Gasteiger partial charge in [-0.25, -0.2) is 4.79 Å². The minimum Gasteiger partial charge on any atom is -0.479 e. The fraction of sp³-hybridized carbons (Fsp3) is 0.818. The maximum Gasteiger partial charge on any atom is 0.334 e. The first-order chi connectivity index (χ1) is 8.04. The summed E-state index contributed by atoms with van der Waals surface area (Å²) in [7, 11) is 0. The quantitative estimate of drug-likeness (QED) is 0.743. The number of hydrogen-bond acceptors (Lipinski definition) is 4. The number of carboxylic acid groups (broad SMARTS) is 1. The van der Waals surface area contributed by atoms with Crippen LogP contribution in [0, 0.1) is 0 Å². The van der Waals surface area contributed by atoms with Gasteiger partial charge >= 0.3 is 5.97 Å². The number of carboxylic acids is 1. The van der Waals surface area contributed by atoms with Crippen molar-refractivity contribution in [3.63, 3.8) is 0 Å². The third-order valence-electron chi connectivity index (χ3n) is 2.46. The molecular formula is C11H19NO4S. The Bertz CT molecular complexity index is 285. The number of amides is 1. The summed E-state index contributed by atoms with van der Waals surface area (Å²) in [6, 6.07) is 0. The highest BCUT2D eigenvalue weighted by Crippen LogP contribution is 2.13. The summed E-state index contributed by atoms with van der Waals surface area (Å²) < 4.78 is 5.25. The van der Waals surface area contributed by atoms with Crippen LogP contribution in [0.4, 0.5) is 0 Å². The van der Waals surface area contributed by atoms with Gasteiger partial charge in [0.1, 0.15) is 0 Å². The molecule has 0 aliphatic carbocycles. The molecule has 0 spiro atoms. The van der Waals surface area contributed by atoms with Gasteiger partial charge in [-0.2, -0.15) is 11.8 Å². The fourth-order valence-corrected chi connectivity index (χ4v) is 2.48. The Balaban J connectivity index is 2.46. The van der Waals surface area contributed by atoms with Crippen LogP contribution in [-0.4, -0.2) is 58.7 Å². The first-order valence-electron chi connectivity index (χ1n) is 5.78. The van der Waals surface area contributed by atoms with Crippen LogP contribution in [-0.2, 0) is 14.3 Å². The largest absolute Gasteiger partial charge is 0.479 e. The molecule has 1 aliphatic rings. The average molecular weight is 261 g/mol. The Morgan fingerprint density at radius 1 is 1.47 bits per heavy atom. The van der Waals surface area contributed by atoms with E-state index in [1.54, 1.807) is 23.6 Å². The number of carbonyl (C=O) groups is 2. The Kier molecular flexibility index (Phi) is 5.77. The highest BCUT2D eigenvalue weighted by atomic mass is 32.2. The highest BCUT2D eigenvalue weighted by Gasteiger charge is 2.32. The molecule has 1 amide bonds. The molecular weight excluding hydrogens is 242 g/mol. The Morgan fingerprint density at radius 3 is 2.76 bits per heavy atom. The SMILES string of the molecule is CCCSCC(=O)N1CC(C(=O)O)O[C@H](C)C1. The standard InChI is InChI=1S/C11H19NO4S/c1-3-4-17-7-10(13)12-5-8(2)16-9(6-12)11(14)15/h8-9H,3-7H2,1-2H3,(H,14,15)/t8-,9?/m1/s1. The molecule has 2 atom stereocenters. The zero-order valence-corrected chi connectivity index (χ0v) is 11.0. The van der Waals surface area contributed by atoms with Crippen molar-refractivity contribution in [3.8, 4) is 0 Å². The zero-order valence-electron chi connectivity index (χ0n) is 10.2. The van der Waals surface area contributed by atoms with E-state index in [0.29, 0.717) is 12.3 Å². The predicted octanol–water partition coefficient (Wildman–Crippen LogP) is 0.830. The first kappa shape index (κ1) is 14.3. The van der Waals surface area contributed by atoms with Crippen molar-refractivity contribution in [1.82, 2.24) is 4.90 Å². The van der Waals surface area contributed by atoms with Crippen LogP contribution < -0.4 is 0 Å². The van der Waals surface area contributed by atoms with Crippen LogP contribution >= 0.6 is 11.8 Å². The van der Waals surface area contributed by atoms with Crippen LogP contribution in [0.3, 0.4) is 0 Å². The van der Waals surface area contributed by atoms with Crippen molar-refractivity contribution in [2.24, 2.45) is 0 Å². The lowest BCUT2D eigenvalue weighted by Crippen LogP contribution is -2.52. The van der Waals surface area contributed by atoms with Gasteiger partial charge < -0.3 is 14.7 Å². The normalized spacial score (nSPS) is 24.7. The summed E-state index contributed by atoms with van der Waals surface area (Å²) in [5, 5.41) is 8.90. The molecule has 1 heterocycles. The highest BCUT2D eigenvalue weighted by molar-refractivity contribution is 7.99. The maximum atomic E-state index is 11.8. The van der Waals surface area contributed by atoms with E-state index in [1.807, 2.05) is 0 Å². The van der Waals surface area contributed by atoms with Crippen LogP contribution in [0.5, 0.6) is 0 Å². The second-order valence-electron chi connectivity index (χ2n) is 4.12. The predicted molar refractivity (Wildman–Crippen MR) is 66.2 cm³/mol. The molecule has 98 valence electrons. The summed E-state index contributed by atoms with van der Waals surface area (Å²) in [5.74, 6) is 0.376. The van der Waals surface area contributed by atoms with Gasteiger partial charge in [-0.05, 0) is 19.1 Å². The van der Waals surface area contributed by atoms with Crippen molar-refractivity contribution in [3.05, 3.63) is 0 Å². The monoisotopic (exact) mass is 261 g/mol. The van der Waals surface area contributed by atoms with E-state index in [1.165, 1.54) is 0 Å². The number of hydrogen-bond donors (Lipinski definition) is 1. The lowest BCUT2D eigenvalue weighted by Gasteiger charge is -2.34. The second-order valence-corrected chi connectivity index (χ2v) is 5.23. The number of rotatable bonds is 5. The summed E-state index contributed by atoms with van der Waals surface area (Å²) in [4.78, 5) is 24.3. The van der Waals surface area contributed by atoms with Gasteiger partial charge in [0.25, 0.3) is 0 Å². The molecule has 0 aromatic rings. The van der Waals surface area contributed by atoms with E-state index in [-0.39, 0.29) is 18.6 Å². The summed E-state index contributed by atoms with van der Waals surface area (Å²) in [6.07, 6.45) is -0.0706. The van der Waals surface area contributed by atoms with Gasteiger partial charge in [0, 0.05) is 6.54 Å². The van der Waals surface area contributed by atoms with E-state index in [2.05, 4.69) is 6.92 Å². The van der Waals surface area contributed by atoms with Crippen molar-refractivity contribution in [2.75, 3.05) is 24.6 Å². The minimum atomic E-state index is -1.00. The third kappa shape index (κ3) is 4.55. The second kappa shape index (κ2) is 6.86. The lowest BCUT2D eigenvalue weighted by molar-refractivity contribution is -0.165. The Morgan fingerprint density at radius 2 is 2.18 bits per heavy atom. The topological polar surface area (TPSA) is 66.8 Å². The molecule has 1 aliphatic heterocycles. The van der Waals surface area contributed by atoms with E-state index in [9.17, 15) is 9.59 Å². The molecule has 0 saturated carbocycles. The van der Waals surface area contributed by atoms with Crippen LogP contribution in [0.15, 0.2) is 0 Å². The summed E-state index contributed by atoms with van der Waals surface area (Å²) in [6.45, 7) is 4.49. The van der Waals surface area contributed by atoms with Crippen LogP contribution in [0.25, 0.3) is 0 Å². The van der Waals surface area contributed by atoms with Gasteiger partial charge in [-0.3, -0.25) is 4.79 Å². The summed E-state index contributed by atoms with van der Waals surface area (Å²) >= 11 is 1.59. The van der Waals surface area contributed by atoms with Crippen LogP contribution in [0.1, 0.15) is 20.3 Å². The van der Waals surface area contributed by atoms with Gasteiger partial charge in [-0.1, -0.05) is 6.92 Å². The number of morpholine rings is 1. The van der Waals surface area contributed by atoms with Crippen molar-refractivity contribution < 1.29 is 19.4 Å². The first-order valence-corrected chi connectivity index (χ1v) is 6.93. The molecule has 0 aromatic carbocycles. The molecule has 6 heteroatoms. The molecule has 0 bridgehead atoms. The van der Waals surface area contributed by atoms with Gasteiger partial charge in [0.2, 0.25) is 5.91 Å². The van der Waals surface area contributed by atoms with Gasteiger partial charge in [0.05, 0.1) is 18.4 Å². The van der Waals surface area contributed by atoms with Crippen molar-refractivity contribution in [1.29, 1.82) is 0 Å². The molecule has 17 heavy (non-hydrogen) atoms. The van der Waals surface area contributed by atoms with E-state index >= 15 is 0 Å². The number of aliphatic carboxylic acids is 1. The van der Waals surface area contributed by atoms with Crippen LogP contribution in [0.2, 0.25) is 0 Å². The molecule has 1 rings (SSSR count). The molecule has 5 nitrogen and oxygen atoms in total. The molecule has 1 fully saturated rings. The molecule has 0 aromatic heterocycles. The van der Waals surface area contributed by atoms with E-state index < -0.39 is 12.1 Å². The molecule has 1 unspecified atom stereocenters. The average Bonchev–Trinajstić information content (AvgIpc) is 2.28. The molecule has 1 saturated heterocycles. The van der Waals surface area contributed by atoms with Gasteiger partial charge in [0.15, 0.2) is 6.10 Å². The number of nitrogens with zero attached hydrogens (tertiary/aromatic N) is 1. The number of thioether (sulfide) groups is 1. The Labute approximate surface area is 105 Å². The smallest absolute Gasteiger partial charge is 0.334 e. The Hall–Kier alpha value is -0.750. The van der Waals surface area contributed by atoms with Gasteiger partial charge in [-0.15, -0.1) is 0 Å². The maximum absolute atomic E-state index is 11.8. The molecule has 1 N–H and O–H groups in total. The van der Waals surface area contributed by atoms with Crippen molar-refractivity contribution in [2.45, 2.75) is 32.5 Å². The fourth-order valence-electron chi connectivity index (χ4n) is 1.69. The zero-order chi connectivity index (χ0) is 12.8. The number of carbonyl (C=O) groups excluding carboxylic acids is 1. The minimum absolute atomic E-state index is 0.00449. The third-order valence-corrected chi connectivity index (χ3v) is 3.61. The molecule has 0 radical (unpaired) electrons. The van der Waals surface area contributed by atoms with E-state index in [0.717, 1.165) is 12.2 Å². The van der Waals surface area contributed by atoms with E-state index in [4.69, 9.17) is 9.84 Å².